The summed E-state index contributed by atoms with van der Waals surface area (Å²) in [6.45, 7) is 4.61. The fourth-order valence-electron chi connectivity index (χ4n) is 2.74. The number of aromatic carboxylic acids is 1. The Hall–Kier alpha value is -1.93. The molecular weight excluding hydrogens is 320 g/mol. The number of likely N-dealkylation sites (tertiary alicyclic amines) is 1. The summed E-state index contributed by atoms with van der Waals surface area (Å²) in [6, 6.07) is 0. The smallest absolute Gasteiger partial charge is 0.338 e. The van der Waals surface area contributed by atoms with E-state index in [0.717, 1.165) is 11.3 Å². The van der Waals surface area contributed by atoms with Crippen LogP contribution in [0.25, 0.3) is 0 Å². The van der Waals surface area contributed by atoms with Crippen LogP contribution in [0.5, 0.6) is 0 Å². The van der Waals surface area contributed by atoms with Gasteiger partial charge in [0.15, 0.2) is 0 Å². The van der Waals surface area contributed by atoms with Crippen molar-refractivity contribution in [3.05, 3.63) is 16.0 Å². The first-order chi connectivity index (χ1) is 10.8. The fourth-order valence-corrected chi connectivity index (χ4v) is 3.81. The van der Waals surface area contributed by atoms with E-state index in [0.29, 0.717) is 30.1 Å². The Morgan fingerprint density at radius 3 is 2.61 bits per heavy atom. The van der Waals surface area contributed by atoms with Crippen molar-refractivity contribution in [1.29, 1.82) is 0 Å². The van der Waals surface area contributed by atoms with E-state index < -0.39 is 17.9 Å². The van der Waals surface area contributed by atoms with Crippen LogP contribution in [-0.2, 0) is 9.59 Å². The third-order valence-electron chi connectivity index (χ3n) is 4.07. The van der Waals surface area contributed by atoms with Gasteiger partial charge in [-0.05, 0) is 38.8 Å². The molecule has 0 radical (unpaired) electrons. The van der Waals surface area contributed by atoms with Crippen LogP contribution in [0.3, 0.4) is 0 Å². The molecular formula is C15H20N2O5S. The zero-order valence-electron chi connectivity index (χ0n) is 13.1. The molecule has 1 aliphatic rings. The second-order valence-corrected chi connectivity index (χ2v) is 6.98. The zero-order chi connectivity index (χ0) is 17.1. The summed E-state index contributed by atoms with van der Waals surface area (Å²) in [6.07, 6.45) is 1.36. The van der Waals surface area contributed by atoms with Gasteiger partial charge in [-0.1, -0.05) is 0 Å². The molecule has 1 aromatic heterocycles. The van der Waals surface area contributed by atoms with E-state index in [-0.39, 0.29) is 18.0 Å². The number of nitrogens with zero attached hydrogens (tertiary/aromatic N) is 1. The minimum absolute atomic E-state index is 0.0683. The summed E-state index contributed by atoms with van der Waals surface area (Å²) in [5.41, 5.74) is 0.782. The number of aryl methyl sites for hydroxylation is 1. The number of hydrogen-bond donors (Lipinski definition) is 3. The topological polar surface area (TPSA) is 107 Å². The standard InChI is InChI=1S/C15H20N2O5S/c1-8-9(2)23-13(12(8)15(21)22)16-11(18)7-17-5-3-4-10(6-17)14(19)20/h10H,3-7H2,1-2H3,(H,16,18)(H,19,20)(H,21,22). The van der Waals surface area contributed by atoms with Crippen molar-refractivity contribution in [2.24, 2.45) is 5.92 Å². The Morgan fingerprint density at radius 2 is 2.00 bits per heavy atom. The Kier molecular flexibility index (Phi) is 5.38. The lowest BCUT2D eigenvalue weighted by Crippen LogP contribution is -2.42. The molecule has 8 heteroatoms. The Balaban J connectivity index is 2.01. The maximum atomic E-state index is 12.2. The van der Waals surface area contributed by atoms with Crippen LogP contribution >= 0.6 is 11.3 Å². The van der Waals surface area contributed by atoms with E-state index in [4.69, 9.17) is 5.11 Å². The molecule has 0 spiro atoms. The highest BCUT2D eigenvalue weighted by molar-refractivity contribution is 7.16. The van der Waals surface area contributed by atoms with Crippen LogP contribution in [0.2, 0.25) is 0 Å². The number of piperidine rings is 1. The lowest BCUT2D eigenvalue weighted by atomic mass is 9.98. The predicted molar refractivity (Wildman–Crippen MR) is 86.2 cm³/mol. The number of anilines is 1. The molecule has 1 amide bonds. The van der Waals surface area contributed by atoms with E-state index in [1.807, 2.05) is 6.92 Å². The average Bonchev–Trinajstić information content (AvgIpc) is 2.73. The van der Waals surface area contributed by atoms with Gasteiger partial charge >= 0.3 is 11.9 Å². The maximum absolute atomic E-state index is 12.2. The van der Waals surface area contributed by atoms with Gasteiger partial charge in [0.1, 0.15) is 5.00 Å². The van der Waals surface area contributed by atoms with E-state index in [9.17, 15) is 19.5 Å². The van der Waals surface area contributed by atoms with E-state index in [2.05, 4.69) is 5.32 Å². The highest BCUT2D eigenvalue weighted by Crippen LogP contribution is 2.32. The van der Waals surface area contributed by atoms with Crippen molar-refractivity contribution in [1.82, 2.24) is 4.90 Å². The number of aliphatic carboxylic acids is 1. The quantitative estimate of drug-likeness (QED) is 0.754. The first-order valence-corrected chi connectivity index (χ1v) is 8.19. The summed E-state index contributed by atoms with van der Waals surface area (Å²) in [4.78, 5) is 37.2. The third kappa shape index (κ3) is 4.08. The van der Waals surface area contributed by atoms with Crippen molar-refractivity contribution in [2.75, 3.05) is 25.0 Å². The molecule has 0 bridgehead atoms. The molecule has 3 N–H and O–H groups in total. The summed E-state index contributed by atoms with van der Waals surface area (Å²) in [5.74, 6) is -2.67. The summed E-state index contributed by atoms with van der Waals surface area (Å²) >= 11 is 1.24. The SMILES string of the molecule is Cc1sc(NC(=O)CN2CCCC(C(=O)O)C2)c(C(=O)O)c1C. The van der Waals surface area contributed by atoms with Gasteiger partial charge in [0.2, 0.25) is 5.91 Å². The maximum Gasteiger partial charge on any atom is 0.338 e. The van der Waals surface area contributed by atoms with Gasteiger partial charge in [-0.25, -0.2) is 4.79 Å². The van der Waals surface area contributed by atoms with Crippen LogP contribution in [-0.4, -0.2) is 52.6 Å². The van der Waals surface area contributed by atoms with Crippen LogP contribution in [0.1, 0.15) is 33.6 Å². The second kappa shape index (κ2) is 7.10. The van der Waals surface area contributed by atoms with Gasteiger partial charge in [0, 0.05) is 11.4 Å². The minimum atomic E-state index is -1.06. The minimum Gasteiger partial charge on any atom is -0.481 e. The summed E-state index contributed by atoms with van der Waals surface area (Å²) in [5, 5.41) is 21.3. The molecule has 2 heterocycles. The fraction of sp³-hybridized carbons (Fsp3) is 0.533. The molecule has 1 fully saturated rings. The largest absolute Gasteiger partial charge is 0.481 e. The summed E-state index contributed by atoms with van der Waals surface area (Å²) < 4.78 is 0. The number of thiophene rings is 1. The zero-order valence-corrected chi connectivity index (χ0v) is 13.9. The molecule has 7 nitrogen and oxygen atoms in total. The number of carboxylic acid groups (broad SMARTS) is 2. The molecule has 23 heavy (non-hydrogen) atoms. The second-order valence-electron chi connectivity index (χ2n) is 5.75. The molecule has 1 atom stereocenters. The van der Waals surface area contributed by atoms with Crippen molar-refractivity contribution in [2.45, 2.75) is 26.7 Å². The first-order valence-electron chi connectivity index (χ1n) is 7.38. The van der Waals surface area contributed by atoms with Gasteiger partial charge in [-0.2, -0.15) is 0 Å². The number of hydrogen-bond acceptors (Lipinski definition) is 5. The van der Waals surface area contributed by atoms with E-state index >= 15 is 0 Å². The number of carbonyl (C=O) groups is 3. The van der Waals surface area contributed by atoms with Crippen molar-refractivity contribution in [3.63, 3.8) is 0 Å². The number of rotatable bonds is 5. The Labute approximate surface area is 137 Å². The van der Waals surface area contributed by atoms with Crippen molar-refractivity contribution < 1.29 is 24.6 Å². The third-order valence-corrected chi connectivity index (χ3v) is 5.20. The van der Waals surface area contributed by atoms with Crippen molar-refractivity contribution in [3.8, 4) is 0 Å². The van der Waals surface area contributed by atoms with Gasteiger partial charge in [0.25, 0.3) is 0 Å². The van der Waals surface area contributed by atoms with Gasteiger partial charge in [-0.15, -0.1) is 11.3 Å². The molecule has 1 aliphatic heterocycles. The molecule has 1 saturated heterocycles. The Morgan fingerprint density at radius 1 is 1.30 bits per heavy atom. The lowest BCUT2D eigenvalue weighted by molar-refractivity contribution is -0.144. The van der Waals surface area contributed by atoms with Crippen LogP contribution in [0.15, 0.2) is 0 Å². The number of nitrogens with one attached hydrogen (secondary N) is 1. The van der Waals surface area contributed by atoms with Crippen LogP contribution in [0.4, 0.5) is 5.00 Å². The van der Waals surface area contributed by atoms with Crippen molar-refractivity contribution >= 4 is 34.2 Å². The number of amides is 1. The number of carboxylic acids is 2. The number of carbonyl (C=O) groups excluding carboxylic acids is 1. The first kappa shape index (κ1) is 17.4. The Bertz CT molecular complexity index is 640. The molecule has 0 saturated carbocycles. The molecule has 2 rings (SSSR count). The predicted octanol–water partition coefficient (Wildman–Crippen LogP) is 1.80. The molecule has 1 unspecified atom stereocenters. The molecule has 0 aliphatic carbocycles. The van der Waals surface area contributed by atoms with Gasteiger partial charge in [-0.3, -0.25) is 14.5 Å². The molecule has 0 aromatic carbocycles. The van der Waals surface area contributed by atoms with Crippen LogP contribution < -0.4 is 5.32 Å². The normalized spacial score (nSPS) is 18.6. The van der Waals surface area contributed by atoms with E-state index in [1.54, 1.807) is 11.8 Å². The molecule has 1 aromatic rings. The monoisotopic (exact) mass is 340 g/mol. The van der Waals surface area contributed by atoms with E-state index in [1.165, 1.54) is 11.3 Å². The van der Waals surface area contributed by atoms with Crippen LogP contribution in [0, 0.1) is 19.8 Å². The lowest BCUT2D eigenvalue weighted by Gasteiger charge is -2.29. The highest BCUT2D eigenvalue weighted by atomic mass is 32.1. The summed E-state index contributed by atoms with van der Waals surface area (Å²) in [7, 11) is 0. The van der Waals surface area contributed by atoms with Gasteiger partial charge in [0.05, 0.1) is 18.0 Å². The highest BCUT2D eigenvalue weighted by Gasteiger charge is 2.27. The molecule has 126 valence electrons. The average molecular weight is 340 g/mol. The van der Waals surface area contributed by atoms with Gasteiger partial charge < -0.3 is 15.5 Å².